The Balaban J connectivity index is 1.80. The van der Waals surface area contributed by atoms with Gasteiger partial charge in [-0.15, -0.1) is 0 Å². The molecule has 1 amide bonds. The molecule has 2 saturated heterocycles. The standard InChI is InChI=1S/C15H20FN3O/c1-10-8-18-6-2-3-12(18)9-19(10)15(20)11-4-5-13(16)14(17)7-11/h4-5,7,10,12H,2-3,6,8-9,17H2,1H3. The van der Waals surface area contributed by atoms with Gasteiger partial charge in [0.05, 0.1) is 5.69 Å². The first-order chi connectivity index (χ1) is 9.56. The number of hydrogen-bond donors (Lipinski definition) is 1. The molecule has 2 heterocycles. The lowest BCUT2D eigenvalue weighted by Crippen LogP contribution is -2.56. The molecule has 20 heavy (non-hydrogen) atoms. The lowest BCUT2D eigenvalue weighted by molar-refractivity contribution is 0.0395. The van der Waals surface area contributed by atoms with Crippen molar-refractivity contribution >= 4 is 11.6 Å². The summed E-state index contributed by atoms with van der Waals surface area (Å²) in [5.74, 6) is -0.522. The number of benzene rings is 1. The van der Waals surface area contributed by atoms with Crippen LogP contribution in [0.2, 0.25) is 0 Å². The Labute approximate surface area is 118 Å². The van der Waals surface area contributed by atoms with Crippen LogP contribution in [0.3, 0.4) is 0 Å². The third-order valence-electron chi connectivity index (χ3n) is 4.44. The molecule has 2 atom stereocenters. The average Bonchev–Trinajstić information content (AvgIpc) is 2.87. The van der Waals surface area contributed by atoms with E-state index >= 15 is 0 Å². The van der Waals surface area contributed by atoms with Gasteiger partial charge in [0.1, 0.15) is 5.82 Å². The van der Waals surface area contributed by atoms with Gasteiger partial charge >= 0.3 is 0 Å². The number of fused-ring (bicyclic) bond motifs is 1. The van der Waals surface area contributed by atoms with E-state index in [2.05, 4.69) is 11.8 Å². The summed E-state index contributed by atoms with van der Waals surface area (Å²) in [5, 5.41) is 0. The van der Waals surface area contributed by atoms with Crippen LogP contribution in [0.4, 0.5) is 10.1 Å². The maximum atomic E-state index is 13.2. The van der Waals surface area contributed by atoms with Gasteiger partial charge in [-0.3, -0.25) is 9.69 Å². The van der Waals surface area contributed by atoms with Crippen molar-refractivity contribution in [2.24, 2.45) is 0 Å². The number of nitrogens with two attached hydrogens (primary N) is 1. The molecule has 2 fully saturated rings. The monoisotopic (exact) mass is 277 g/mol. The first-order valence-corrected chi connectivity index (χ1v) is 7.16. The Morgan fingerprint density at radius 1 is 1.40 bits per heavy atom. The van der Waals surface area contributed by atoms with Crippen molar-refractivity contribution < 1.29 is 9.18 Å². The Bertz CT molecular complexity index is 534. The van der Waals surface area contributed by atoms with Crippen molar-refractivity contribution in [2.45, 2.75) is 31.8 Å². The molecule has 2 unspecified atom stereocenters. The van der Waals surface area contributed by atoms with Crippen LogP contribution in [0.25, 0.3) is 0 Å². The molecule has 0 aromatic heterocycles. The fourth-order valence-electron chi connectivity index (χ4n) is 3.31. The van der Waals surface area contributed by atoms with Crippen LogP contribution < -0.4 is 5.73 Å². The van der Waals surface area contributed by atoms with Crippen molar-refractivity contribution in [3.8, 4) is 0 Å². The van der Waals surface area contributed by atoms with E-state index in [4.69, 9.17) is 5.73 Å². The predicted octanol–water partition coefficient (Wildman–Crippen LogP) is 1.72. The highest BCUT2D eigenvalue weighted by Gasteiger charge is 2.36. The fourth-order valence-corrected chi connectivity index (χ4v) is 3.31. The molecule has 5 heteroatoms. The summed E-state index contributed by atoms with van der Waals surface area (Å²) in [7, 11) is 0. The molecule has 0 bridgehead atoms. The average molecular weight is 277 g/mol. The third-order valence-corrected chi connectivity index (χ3v) is 4.44. The second kappa shape index (κ2) is 5.05. The minimum atomic E-state index is -0.477. The summed E-state index contributed by atoms with van der Waals surface area (Å²) in [6, 6.07) is 4.88. The van der Waals surface area contributed by atoms with Crippen LogP contribution in [0, 0.1) is 5.82 Å². The van der Waals surface area contributed by atoms with E-state index in [0.29, 0.717) is 11.6 Å². The van der Waals surface area contributed by atoms with E-state index in [1.54, 1.807) is 0 Å². The van der Waals surface area contributed by atoms with E-state index in [1.807, 2.05) is 4.90 Å². The summed E-state index contributed by atoms with van der Waals surface area (Å²) in [6.45, 7) is 4.89. The zero-order valence-electron chi connectivity index (χ0n) is 11.7. The van der Waals surface area contributed by atoms with Crippen LogP contribution in [0.1, 0.15) is 30.1 Å². The number of halogens is 1. The number of carbonyl (C=O) groups is 1. The molecule has 2 aliphatic heterocycles. The summed E-state index contributed by atoms with van der Waals surface area (Å²) in [4.78, 5) is 17.0. The number of anilines is 1. The van der Waals surface area contributed by atoms with Crippen LogP contribution in [0.15, 0.2) is 18.2 Å². The van der Waals surface area contributed by atoms with E-state index in [-0.39, 0.29) is 17.6 Å². The molecule has 108 valence electrons. The number of amides is 1. The number of hydrogen-bond acceptors (Lipinski definition) is 3. The highest BCUT2D eigenvalue weighted by atomic mass is 19.1. The fraction of sp³-hybridized carbons (Fsp3) is 0.533. The Kier molecular flexibility index (Phi) is 3.38. The lowest BCUT2D eigenvalue weighted by atomic mass is 10.1. The maximum Gasteiger partial charge on any atom is 0.254 e. The van der Waals surface area contributed by atoms with Gasteiger partial charge in [-0.25, -0.2) is 4.39 Å². The smallest absolute Gasteiger partial charge is 0.254 e. The highest BCUT2D eigenvalue weighted by molar-refractivity contribution is 5.95. The van der Waals surface area contributed by atoms with Gasteiger partial charge in [0.15, 0.2) is 0 Å². The molecule has 2 N–H and O–H groups in total. The molecule has 2 aliphatic rings. The van der Waals surface area contributed by atoms with Crippen LogP contribution in [-0.4, -0.2) is 47.4 Å². The van der Waals surface area contributed by atoms with Crippen LogP contribution >= 0.6 is 0 Å². The summed E-state index contributed by atoms with van der Waals surface area (Å²) < 4.78 is 13.2. The van der Waals surface area contributed by atoms with Crippen molar-refractivity contribution in [3.63, 3.8) is 0 Å². The van der Waals surface area contributed by atoms with Gasteiger partial charge in [-0.2, -0.15) is 0 Å². The Morgan fingerprint density at radius 2 is 2.20 bits per heavy atom. The van der Waals surface area contributed by atoms with E-state index in [1.165, 1.54) is 24.6 Å². The van der Waals surface area contributed by atoms with Gasteiger partial charge in [0, 0.05) is 30.7 Å². The van der Waals surface area contributed by atoms with Gasteiger partial charge in [-0.05, 0) is 44.5 Å². The largest absolute Gasteiger partial charge is 0.396 e. The lowest BCUT2D eigenvalue weighted by Gasteiger charge is -2.42. The van der Waals surface area contributed by atoms with Crippen molar-refractivity contribution in [3.05, 3.63) is 29.6 Å². The molecule has 0 radical (unpaired) electrons. The molecule has 3 rings (SSSR count). The Hall–Kier alpha value is -1.62. The number of nitrogens with zero attached hydrogens (tertiary/aromatic N) is 2. The summed E-state index contributed by atoms with van der Waals surface area (Å²) >= 11 is 0. The molecular weight excluding hydrogens is 257 g/mol. The summed E-state index contributed by atoms with van der Waals surface area (Å²) in [5.41, 5.74) is 6.06. The zero-order valence-corrected chi connectivity index (χ0v) is 11.7. The second-order valence-electron chi connectivity index (χ2n) is 5.83. The maximum absolute atomic E-state index is 13.2. The minimum absolute atomic E-state index is 0.0306. The van der Waals surface area contributed by atoms with Crippen molar-refractivity contribution in [1.82, 2.24) is 9.80 Å². The summed E-state index contributed by atoms with van der Waals surface area (Å²) in [6.07, 6.45) is 2.37. The molecule has 1 aromatic carbocycles. The topological polar surface area (TPSA) is 49.6 Å². The van der Waals surface area contributed by atoms with Gasteiger partial charge < -0.3 is 10.6 Å². The minimum Gasteiger partial charge on any atom is -0.396 e. The molecule has 0 saturated carbocycles. The predicted molar refractivity (Wildman–Crippen MR) is 75.9 cm³/mol. The van der Waals surface area contributed by atoms with Gasteiger partial charge in [0.25, 0.3) is 5.91 Å². The van der Waals surface area contributed by atoms with E-state index in [0.717, 1.165) is 26.1 Å². The van der Waals surface area contributed by atoms with Crippen LogP contribution in [-0.2, 0) is 0 Å². The molecule has 1 aromatic rings. The van der Waals surface area contributed by atoms with Crippen molar-refractivity contribution in [1.29, 1.82) is 0 Å². The Morgan fingerprint density at radius 3 is 2.95 bits per heavy atom. The number of piperazine rings is 1. The second-order valence-corrected chi connectivity index (χ2v) is 5.83. The normalized spacial score (nSPS) is 26.6. The number of nitrogen functional groups attached to an aromatic ring is 1. The van der Waals surface area contributed by atoms with Crippen LogP contribution in [0.5, 0.6) is 0 Å². The first-order valence-electron chi connectivity index (χ1n) is 7.16. The van der Waals surface area contributed by atoms with E-state index < -0.39 is 5.82 Å². The highest BCUT2D eigenvalue weighted by Crippen LogP contribution is 2.26. The van der Waals surface area contributed by atoms with Gasteiger partial charge in [-0.1, -0.05) is 0 Å². The molecule has 0 aliphatic carbocycles. The molecule has 0 spiro atoms. The van der Waals surface area contributed by atoms with E-state index in [9.17, 15) is 9.18 Å². The first kappa shape index (κ1) is 13.4. The number of rotatable bonds is 1. The molecular formula is C15H20FN3O. The zero-order chi connectivity index (χ0) is 14.3. The van der Waals surface area contributed by atoms with Gasteiger partial charge in [0.2, 0.25) is 0 Å². The quantitative estimate of drug-likeness (QED) is 0.795. The SMILES string of the molecule is CC1CN2CCCC2CN1C(=O)c1ccc(F)c(N)c1. The third kappa shape index (κ3) is 2.26. The number of carbonyl (C=O) groups excluding carboxylic acids is 1. The molecule has 4 nitrogen and oxygen atoms in total. The van der Waals surface area contributed by atoms with Crippen molar-refractivity contribution in [2.75, 3.05) is 25.4 Å².